The van der Waals surface area contributed by atoms with Gasteiger partial charge in [0.25, 0.3) is 0 Å². The molecule has 1 N–H and O–H groups in total. The summed E-state index contributed by atoms with van der Waals surface area (Å²) in [5.41, 5.74) is 0.918. The molecule has 0 amide bonds. The number of ether oxygens (including phenoxy) is 1. The Balaban J connectivity index is 2.80. The normalized spacial score (nSPS) is 11.9. The minimum Gasteiger partial charge on any atom is -0.481 e. The van der Waals surface area contributed by atoms with Crippen molar-refractivity contribution in [1.29, 1.82) is 0 Å². The van der Waals surface area contributed by atoms with Crippen LogP contribution in [0.5, 0.6) is 5.75 Å². The number of esters is 1. The van der Waals surface area contributed by atoms with Gasteiger partial charge >= 0.3 is 11.9 Å². The second-order valence-corrected chi connectivity index (χ2v) is 3.84. The molecule has 0 aromatic heterocycles. The van der Waals surface area contributed by atoms with Crippen LogP contribution >= 0.6 is 0 Å². The van der Waals surface area contributed by atoms with Crippen molar-refractivity contribution in [3.8, 4) is 5.75 Å². The third kappa shape index (κ3) is 3.59. The average molecular weight is 236 g/mol. The summed E-state index contributed by atoms with van der Waals surface area (Å²) in [6.07, 6.45) is 1.73. The third-order valence-electron chi connectivity index (χ3n) is 2.43. The largest absolute Gasteiger partial charge is 0.481 e. The molecule has 0 aliphatic heterocycles. The Morgan fingerprint density at radius 2 is 2.00 bits per heavy atom. The minimum atomic E-state index is -1.18. The molecule has 0 radical (unpaired) electrons. The van der Waals surface area contributed by atoms with Gasteiger partial charge in [-0.15, -0.1) is 0 Å². The summed E-state index contributed by atoms with van der Waals surface area (Å²) in [5.74, 6) is -2.61. The van der Waals surface area contributed by atoms with Crippen molar-refractivity contribution in [3.05, 3.63) is 29.8 Å². The number of rotatable bonds is 5. The van der Waals surface area contributed by atoms with E-state index in [9.17, 15) is 9.59 Å². The molecule has 0 spiro atoms. The lowest BCUT2D eigenvalue weighted by Crippen LogP contribution is -2.25. The van der Waals surface area contributed by atoms with Crippen molar-refractivity contribution in [1.82, 2.24) is 0 Å². The molecule has 17 heavy (non-hydrogen) atoms. The van der Waals surface area contributed by atoms with Crippen LogP contribution in [-0.2, 0) is 16.0 Å². The summed E-state index contributed by atoms with van der Waals surface area (Å²) in [6, 6.07) is 7.17. The van der Waals surface area contributed by atoms with Crippen molar-refractivity contribution < 1.29 is 19.4 Å². The Morgan fingerprint density at radius 3 is 2.59 bits per heavy atom. The van der Waals surface area contributed by atoms with E-state index in [1.165, 1.54) is 6.92 Å². The van der Waals surface area contributed by atoms with Crippen LogP contribution in [0.25, 0.3) is 0 Å². The second-order valence-electron chi connectivity index (χ2n) is 3.84. The van der Waals surface area contributed by atoms with Crippen LogP contribution in [0, 0.1) is 5.92 Å². The van der Waals surface area contributed by atoms with Crippen LogP contribution in [0.4, 0.5) is 0 Å². The fourth-order valence-corrected chi connectivity index (χ4v) is 1.38. The molecule has 0 saturated heterocycles. The molecule has 1 atom stereocenters. The van der Waals surface area contributed by atoms with Crippen LogP contribution in [0.1, 0.15) is 25.8 Å². The number of hydrogen-bond acceptors (Lipinski definition) is 3. The molecule has 0 aliphatic rings. The maximum absolute atomic E-state index is 11.5. The van der Waals surface area contributed by atoms with Gasteiger partial charge in [0.1, 0.15) is 5.75 Å². The van der Waals surface area contributed by atoms with Crippen LogP contribution in [0.2, 0.25) is 0 Å². The fraction of sp³-hybridized carbons (Fsp3) is 0.385. The number of aryl methyl sites for hydroxylation is 1. The Morgan fingerprint density at radius 1 is 1.35 bits per heavy atom. The lowest BCUT2D eigenvalue weighted by Gasteiger charge is -2.10. The quantitative estimate of drug-likeness (QED) is 0.484. The summed E-state index contributed by atoms with van der Waals surface area (Å²) in [7, 11) is 0. The number of hydrogen-bond donors (Lipinski definition) is 1. The molecule has 0 saturated carbocycles. The third-order valence-corrected chi connectivity index (χ3v) is 2.43. The summed E-state index contributed by atoms with van der Waals surface area (Å²) >= 11 is 0. The van der Waals surface area contributed by atoms with Crippen LogP contribution < -0.4 is 4.74 Å². The summed E-state index contributed by atoms with van der Waals surface area (Å²) in [5, 5.41) is 8.70. The number of para-hydroxylation sites is 1. The van der Waals surface area contributed by atoms with Gasteiger partial charge < -0.3 is 9.84 Å². The van der Waals surface area contributed by atoms with E-state index in [2.05, 4.69) is 0 Å². The number of carbonyl (C=O) groups excluding carboxylic acids is 1. The zero-order chi connectivity index (χ0) is 12.8. The van der Waals surface area contributed by atoms with Crippen molar-refractivity contribution in [3.63, 3.8) is 0 Å². The van der Waals surface area contributed by atoms with E-state index >= 15 is 0 Å². The highest BCUT2D eigenvalue weighted by Crippen LogP contribution is 2.20. The highest BCUT2D eigenvalue weighted by Gasteiger charge is 2.23. The van der Waals surface area contributed by atoms with Gasteiger partial charge in [-0.1, -0.05) is 31.5 Å². The predicted molar refractivity (Wildman–Crippen MR) is 62.9 cm³/mol. The molecule has 0 heterocycles. The lowest BCUT2D eigenvalue weighted by molar-refractivity contribution is -0.152. The van der Waals surface area contributed by atoms with Crippen molar-refractivity contribution in [2.45, 2.75) is 26.7 Å². The van der Waals surface area contributed by atoms with E-state index in [0.29, 0.717) is 5.75 Å². The van der Waals surface area contributed by atoms with E-state index < -0.39 is 17.9 Å². The van der Waals surface area contributed by atoms with E-state index in [0.717, 1.165) is 18.4 Å². The standard InChI is InChI=1S/C13H16O4/c1-3-6-10-7-4-5-8-11(10)17-13(16)9(2)12(14)15/h4-5,7-9H,3,6H2,1-2H3,(H,14,15). The average Bonchev–Trinajstić information content (AvgIpc) is 2.30. The SMILES string of the molecule is CCCc1ccccc1OC(=O)C(C)C(=O)O. The number of carbonyl (C=O) groups is 2. The number of carboxylic acid groups (broad SMARTS) is 1. The molecule has 4 heteroatoms. The van der Waals surface area contributed by atoms with Gasteiger partial charge in [-0.2, -0.15) is 0 Å². The Labute approximate surface area is 100 Å². The second kappa shape index (κ2) is 6.03. The monoisotopic (exact) mass is 236 g/mol. The topological polar surface area (TPSA) is 63.6 Å². The maximum Gasteiger partial charge on any atom is 0.325 e. The van der Waals surface area contributed by atoms with E-state index in [1.54, 1.807) is 12.1 Å². The van der Waals surface area contributed by atoms with Crippen LogP contribution in [-0.4, -0.2) is 17.0 Å². The van der Waals surface area contributed by atoms with Crippen molar-refractivity contribution in [2.24, 2.45) is 5.92 Å². The first kappa shape index (κ1) is 13.2. The van der Waals surface area contributed by atoms with Gasteiger partial charge in [-0.05, 0) is 25.0 Å². The number of benzene rings is 1. The van der Waals surface area contributed by atoms with Crippen molar-refractivity contribution >= 4 is 11.9 Å². The maximum atomic E-state index is 11.5. The van der Waals surface area contributed by atoms with Gasteiger partial charge in [0.2, 0.25) is 0 Å². The Hall–Kier alpha value is -1.84. The Kier molecular flexibility index (Phi) is 4.69. The van der Waals surface area contributed by atoms with E-state index in [4.69, 9.17) is 9.84 Å². The molecule has 1 aromatic carbocycles. The summed E-state index contributed by atoms with van der Waals surface area (Å²) < 4.78 is 5.10. The van der Waals surface area contributed by atoms with Gasteiger partial charge in [-0.3, -0.25) is 9.59 Å². The van der Waals surface area contributed by atoms with Gasteiger partial charge in [-0.25, -0.2) is 0 Å². The first-order valence-electron chi connectivity index (χ1n) is 5.58. The highest BCUT2D eigenvalue weighted by atomic mass is 16.5. The molecule has 92 valence electrons. The highest BCUT2D eigenvalue weighted by molar-refractivity contribution is 5.94. The van der Waals surface area contributed by atoms with Gasteiger partial charge in [0.05, 0.1) is 0 Å². The molecule has 1 rings (SSSR count). The number of aliphatic carboxylic acids is 1. The van der Waals surface area contributed by atoms with Gasteiger partial charge in [0, 0.05) is 0 Å². The van der Waals surface area contributed by atoms with E-state index in [-0.39, 0.29) is 0 Å². The first-order chi connectivity index (χ1) is 8.06. The molecular weight excluding hydrogens is 220 g/mol. The predicted octanol–water partition coefficient (Wildman–Crippen LogP) is 2.27. The molecule has 0 bridgehead atoms. The lowest BCUT2D eigenvalue weighted by atomic mass is 10.1. The molecule has 1 unspecified atom stereocenters. The van der Waals surface area contributed by atoms with Crippen molar-refractivity contribution in [2.75, 3.05) is 0 Å². The Bertz CT molecular complexity index is 412. The molecule has 0 fully saturated rings. The molecule has 4 nitrogen and oxygen atoms in total. The van der Waals surface area contributed by atoms with Crippen LogP contribution in [0.3, 0.4) is 0 Å². The van der Waals surface area contributed by atoms with E-state index in [1.807, 2.05) is 19.1 Å². The van der Waals surface area contributed by atoms with Gasteiger partial charge in [0.15, 0.2) is 5.92 Å². The number of carboxylic acids is 1. The zero-order valence-corrected chi connectivity index (χ0v) is 9.97. The molecular formula is C13H16O4. The first-order valence-corrected chi connectivity index (χ1v) is 5.58. The molecule has 0 aliphatic carbocycles. The molecule has 1 aromatic rings. The zero-order valence-electron chi connectivity index (χ0n) is 9.97. The minimum absolute atomic E-state index is 0.451. The summed E-state index contributed by atoms with van der Waals surface area (Å²) in [4.78, 5) is 22.1. The summed E-state index contributed by atoms with van der Waals surface area (Å²) in [6.45, 7) is 3.34. The van der Waals surface area contributed by atoms with Crippen LogP contribution in [0.15, 0.2) is 24.3 Å². The smallest absolute Gasteiger partial charge is 0.325 e. The fourth-order valence-electron chi connectivity index (χ4n) is 1.38.